The Morgan fingerprint density at radius 2 is 1.40 bits per heavy atom. The van der Waals surface area contributed by atoms with Crippen LogP contribution in [-0.2, 0) is 12.8 Å². The normalized spacial score (nSPS) is 11.0. The number of benzene rings is 1. The van der Waals surface area contributed by atoms with Crippen molar-refractivity contribution >= 4 is 0 Å². The molecule has 0 atom stereocenters. The summed E-state index contributed by atoms with van der Waals surface area (Å²) < 4.78 is 0. The third-order valence-electron chi connectivity index (χ3n) is 4.91. The molecule has 2 nitrogen and oxygen atoms in total. The maximum absolute atomic E-state index is 4.75. The summed E-state index contributed by atoms with van der Waals surface area (Å²) in [6, 6.07) is 8.79. The standard InChI is InChI=1S/C23H34N2/c1-4-6-8-9-11-13-22-18-24-23(25-19(22)3)21-16-14-20(15-17-21)12-10-7-5-2/h14-18H,4-13H2,1-3H3. The van der Waals surface area contributed by atoms with Crippen LogP contribution in [-0.4, -0.2) is 9.97 Å². The van der Waals surface area contributed by atoms with Gasteiger partial charge in [0.2, 0.25) is 0 Å². The van der Waals surface area contributed by atoms with Gasteiger partial charge in [-0.15, -0.1) is 0 Å². The minimum absolute atomic E-state index is 0.854. The molecule has 0 saturated heterocycles. The van der Waals surface area contributed by atoms with Crippen LogP contribution in [0.3, 0.4) is 0 Å². The average molecular weight is 339 g/mol. The van der Waals surface area contributed by atoms with Crippen molar-refractivity contribution in [3.63, 3.8) is 0 Å². The number of aryl methyl sites for hydroxylation is 3. The molecule has 0 fully saturated rings. The lowest BCUT2D eigenvalue weighted by Crippen LogP contribution is -1.98. The minimum atomic E-state index is 0.854. The molecule has 0 N–H and O–H groups in total. The van der Waals surface area contributed by atoms with Gasteiger partial charge in [0.15, 0.2) is 5.82 Å². The van der Waals surface area contributed by atoms with E-state index in [1.165, 1.54) is 68.9 Å². The van der Waals surface area contributed by atoms with Crippen molar-refractivity contribution in [2.75, 3.05) is 0 Å². The molecule has 0 spiro atoms. The maximum Gasteiger partial charge on any atom is 0.159 e. The van der Waals surface area contributed by atoms with E-state index >= 15 is 0 Å². The van der Waals surface area contributed by atoms with Gasteiger partial charge in [0, 0.05) is 17.5 Å². The van der Waals surface area contributed by atoms with Crippen LogP contribution in [0.2, 0.25) is 0 Å². The van der Waals surface area contributed by atoms with Gasteiger partial charge in [-0.1, -0.05) is 76.6 Å². The second-order valence-corrected chi connectivity index (χ2v) is 7.12. The summed E-state index contributed by atoms with van der Waals surface area (Å²) in [4.78, 5) is 9.37. The third kappa shape index (κ3) is 6.61. The van der Waals surface area contributed by atoms with E-state index in [2.05, 4.69) is 50.0 Å². The Hall–Kier alpha value is -1.70. The number of nitrogens with zero attached hydrogens (tertiary/aromatic N) is 2. The van der Waals surface area contributed by atoms with E-state index in [1.54, 1.807) is 0 Å². The topological polar surface area (TPSA) is 25.8 Å². The summed E-state index contributed by atoms with van der Waals surface area (Å²) in [6.07, 6.45) is 14.7. The number of unbranched alkanes of at least 4 members (excludes halogenated alkanes) is 6. The molecule has 2 rings (SSSR count). The van der Waals surface area contributed by atoms with Crippen molar-refractivity contribution in [2.24, 2.45) is 0 Å². The van der Waals surface area contributed by atoms with Gasteiger partial charge in [0.25, 0.3) is 0 Å². The smallest absolute Gasteiger partial charge is 0.159 e. The first-order valence-electron chi connectivity index (χ1n) is 10.2. The molecule has 0 aliphatic heterocycles. The van der Waals surface area contributed by atoms with Crippen LogP contribution in [0.5, 0.6) is 0 Å². The molecular weight excluding hydrogens is 304 g/mol. The molecule has 1 aromatic heterocycles. The van der Waals surface area contributed by atoms with E-state index < -0.39 is 0 Å². The van der Waals surface area contributed by atoms with E-state index in [0.717, 1.165) is 23.5 Å². The lowest BCUT2D eigenvalue weighted by Gasteiger charge is -2.08. The summed E-state index contributed by atoms with van der Waals surface area (Å²) in [6.45, 7) is 6.62. The highest BCUT2D eigenvalue weighted by molar-refractivity contribution is 5.55. The van der Waals surface area contributed by atoms with Gasteiger partial charge in [0.05, 0.1) is 0 Å². The predicted octanol–water partition coefficient (Wildman–Crippen LogP) is 6.70. The molecule has 136 valence electrons. The van der Waals surface area contributed by atoms with Crippen LogP contribution in [0.4, 0.5) is 0 Å². The fourth-order valence-corrected chi connectivity index (χ4v) is 3.20. The van der Waals surface area contributed by atoms with Gasteiger partial charge in [-0.25, -0.2) is 9.97 Å². The Labute approximate surface area is 154 Å². The Balaban J connectivity index is 1.92. The summed E-state index contributed by atoms with van der Waals surface area (Å²) in [5.41, 5.74) is 4.97. The molecule has 2 heteroatoms. The summed E-state index contributed by atoms with van der Waals surface area (Å²) in [7, 11) is 0. The monoisotopic (exact) mass is 338 g/mol. The summed E-state index contributed by atoms with van der Waals surface area (Å²) >= 11 is 0. The molecule has 0 aliphatic carbocycles. The first-order chi connectivity index (χ1) is 12.2. The first kappa shape index (κ1) is 19.6. The Morgan fingerprint density at radius 1 is 0.760 bits per heavy atom. The Kier molecular flexibility index (Phi) is 8.65. The number of hydrogen-bond donors (Lipinski definition) is 0. The molecule has 1 aromatic carbocycles. The lowest BCUT2D eigenvalue weighted by atomic mass is 10.0. The minimum Gasteiger partial charge on any atom is -0.236 e. The van der Waals surface area contributed by atoms with Crippen LogP contribution in [0, 0.1) is 6.92 Å². The quantitative estimate of drug-likeness (QED) is 0.426. The summed E-state index contributed by atoms with van der Waals surface area (Å²) in [5.74, 6) is 0.854. The highest BCUT2D eigenvalue weighted by atomic mass is 14.9. The van der Waals surface area contributed by atoms with Crippen LogP contribution in [0.25, 0.3) is 11.4 Å². The van der Waals surface area contributed by atoms with Crippen molar-refractivity contribution in [1.29, 1.82) is 0 Å². The second kappa shape index (κ2) is 11.0. The van der Waals surface area contributed by atoms with Gasteiger partial charge in [-0.05, 0) is 43.7 Å². The first-order valence-corrected chi connectivity index (χ1v) is 10.2. The number of aromatic nitrogens is 2. The van der Waals surface area contributed by atoms with Gasteiger partial charge < -0.3 is 0 Å². The summed E-state index contributed by atoms with van der Waals surface area (Å²) in [5, 5.41) is 0. The van der Waals surface area contributed by atoms with E-state index in [9.17, 15) is 0 Å². The van der Waals surface area contributed by atoms with E-state index in [0.29, 0.717) is 0 Å². The number of hydrogen-bond acceptors (Lipinski definition) is 2. The molecule has 0 saturated carbocycles. The SMILES string of the molecule is CCCCCCCc1cnc(-c2ccc(CCCCC)cc2)nc1C. The zero-order valence-electron chi connectivity index (χ0n) is 16.4. The van der Waals surface area contributed by atoms with Gasteiger partial charge in [-0.2, -0.15) is 0 Å². The van der Waals surface area contributed by atoms with E-state index in [-0.39, 0.29) is 0 Å². The highest BCUT2D eigenvalue weighted by Gasteiger charge is 2.06. The molecule has 1 heterocycles. The zero-order valence-corrected chi connectivity index (χ0v) is 16.4. The second-order valence-electron chi connectivity index (χ2n) is 7.12. The Morgan fingerprint density at radius 3 is 2.08 bits per heavy atom. The molecule has 0 aliphatic rings. The molecule has 0 unspecified atom stereocenters. The predicted molar refractivity (Wildman–Crippen MR) is 108 cm³/mol. The van der Waals surface area contributed by atoms with Crippen molar-refractivity contribution in [2.45, 2.75) is 85.0 Å². The fourth-order valence-electron chi connectivity index (χ4n) is 3.20. The van der Waals surface area contributed by atoms with Crippen LogP contribution in [0.1, 0.15) is 82.0 Å². The highest BCUT2D eigenvalue weighted by Crippen LogP contribution is 2.19. The molecule has 0 amide bonds. The molecule has 25 heavy (non-hydrogen) atoms. The van der Waals surface area contributed by atoms with Crippen molar-refractivity contribution < 1.29 is 0 Å². The van der Waals surface area contributed by atoms with Gasteiger partial charge in [-0.3, -0.25) is 0 Å². The van der Waals surface area contributed by atoms with E-state index in [4.69, 9.17) is 4.98 Å². The van der Waals surface area contributed by atoms with Crippen LogP contribution >= 0.6 is 0 Å². The maximum atomic E-state index is 4.75. The third-order valence-corrected chi connectivity index (χ3v) is 4.91. The van der Waals surface area contributed by atoms with Crippen LogP contribution in [0.15, 0.2) is 30.5 Å². The molecule has 0 bridgehead atoms. The van der Waals surface area contributed by atoms with Crippen LogP contribution < -0.4 is 0 Å². The lowest BCUT2D eigenvalue weighted by molar-refractivity contribution is 0.630. The largest absolute Gasteiger partial charge is 0.236 e. The molecular formula is C23H34N2. The molecule has 2 aromatic rings. The fraction of sp³-hybridized carbons (Fsp3) is 0.565. The van der Waals surface area contributed by atoms with Gasteiger partial charge >= 0.3 is 0 Å². The number of rotatable bonds is 11. The van der Waals surface area contributed by atoms with Crippen molar-refractivity contribution in [3.05, 3.63) is 47.3 Å². The van der Waals surface area contributed by atoms with E-state index in [1.807, 2.05) is 6.20 Å². The van der Waals surface area contributed by atoms with Gasteiger partial charge in [0.1, 0.15) is 0 Å². The average Bonchev–Trinajstić information content (AvgIpc) is 2.63. The van der Waals surface area contributed by atoms with Crippen molar-refractivity contribution in [3.8, 4) is 11.4 Å². The zero-order chi connectivity index (χ0) is 17.9. The molecule has 0 radical (unpaired) electrons. The Bertz CT molecular complexity index is 616. The van der Waals surface area contributed by atoms with Crippen molar-refractivity contribution in [1.82, 2.24) is 9.97 Å².